The fourth-order valence-electron chi connectivity index (χ4n) is 3.99. The molecule has 8 heteroatoms. The van der Waals surface area contributed by atoms with E-state index in [-0.39, 0.29) is 18.5 Å². The summed E-state index contributed by atoms with van der Waals surface area (Å²) in [5.41, 5.74) is 0.0162. The number of carbonyl (C=O) groups is 2. The molecule has 1 aromatic heterocycles. The molecule has 0 bridgehead atoms. The molecule has 1 aliphatic heterocycles. The van der Waals surface area contributed by atoms with Crippen LogP contribution in [0.25, 0.3) is 5.69 Å². The SMILES string of the molecule is O=C(Nc1cnn(-c2ccccc2)n1)N1C[C@@H]2CCC[C@@]2(C(=O)O)C1. The smallest absolute Gasteiger partial charge is 0.323 e. The number of urea groups is 1. The van der Waals surface area contributed by atoms with Gasteiger partial charge < -0.3 is 10.0 Å². The average Bonchev–Trinajstić information content (AvgIpc) is 3.29. The Hall–Kier alpha value is -2.90. The fourth-order valence-corrected chi connectivity index (χ4v) is 3.99. The first-order chi connectivity index (χ1) is 12.1. The Labute approximate surface area is 144 Å². The van der Waals surface area contributed by atoms with Crippen LogP contribution in [0.3, 0.4) is 0 Å². The summed E-state index contributed by atoms with van der Waals surface area (Å²) in [6, 6.07) is 9.07. The average molecular weight is 341 g/mol. The molecule has 4 rings (SSSR count). The zero-order valence-electron chi connectivity index (χ0n) is 13.6. The van der Waals surface area contributed by atoms with Gasteiger partial charge in [-0.05, 0) is 30.9 Å². The highest BCUT2D eigenvalue weighted by atomic mass is 16.4. The van der Waals surface area contributed by atoms with Crippen LogP contribution in [0.5, 0.6) is 0 Å². The van der Waals surface area contributed by atoms with E-state index in [1.807, 2.05) is 30.3 Å². The van der Waals surface area contributed by atoms with E-state index < -0.39 is 11.4 Å². The molecule has 2 amide bonds. The van der Waals surface area contributed by atoms with Crippen molar-refractivity contribution >= 4 is 17.8 Å². The molecular formula is C17H19N5O3. The molecule has 2 heterocycles. The Balaban J connectivity index is 1.45. The van der Waals surface area contributed by atoms with Crippen molar-refractivity contribution in [1.29, 1.82) is 0 Å². The monoisotopic (exact) mass is 341 g/mol. The van der Waals surface area contributed by atoms with Gasteiger partial charge in [0.1, 0.15) is 0 Å². The lowest BCUT2D eigenvalue weighted by Crippen LogP contribution is -2.38. The van der Waals surface area contributed by atoms with Crippen LogP contribution in [0.4, 0.5) is 10.6 Å². The first kappa shape index (κ1) is 15.6. The van der Waals surface area contributed by atoms with Gasteiger partial charge in [0.2, 0.25) is 0 Å². The van der Waals surface area contributed by atoms with Crippen molar-refractivity contribution < 1.29 is 14.7 Å². The van der Waals surface area contributed by atoms with Gasteiger partial charge in [-0.25, -0.2) is 4.79 Å². The van der Waals surface area contributed by atoms with Gasteiger partial charge >= 0.3 is 12.0 Å². The van der Waals surface area contributed by atoms with Crippen LogP contribution in [0, 0.1) is 11.3 Å². The molecule has 2 atom stereocenters. The summed E-state index contributed by atoms with van der Waals surface area (Å²) in [5, 5.41) is 20.7. The number of likely N-dealkylation sites (tertiary alicyclic amines) is 1. The number of nitrogens with one attached hydrogen (secondary N) is 1. The molecule has 2 aromatic rings. The van der Waals surface area contributed by atoms with Crippen molar-refractivity contribution in [2.75, 3.05) is 18.4 Å². The quantitative estimate of drug-likeness (QED) is 0.889. The fraction of sp³-hybridized carbons (Fsp3) is 0.412. The number of aromatic nitrogens is 3. The minimum Gasteiger partial charge on any atom is -0.481 e. The molecule has 0 radical (unpaired) electrons. The Bertz CT molecular complexity index is 806. The lowest BCUT2D eigenvalue weighted by Gasteiger charge is -2.23. The van der Waals surface area contributed by atoms with Crippen LogP contribution in [-0.4, -0.2) is 50.1 Å². The van der Waals surface area contributed by atoms with E-state index in [1.165, 1.54) is 11.0 Å². The van der Waals surface area contributed by atoms with E-state index >= 15 is 0 Å². The van der Waals surface area contributed by atoms with Crippen molar-refractivity contribution in [1.82, 2.24) is 19.9 Å². The number of nitrogens with zero attached hydrogens (tertiary/aromatic N) is 4. The highest BCUT2D eigenvalue weighted by Crippen LogP contribution is 2.48. The number of benzene rings is 1. The number of carboxylic acid groups (broad SMARTS) is 1. The minimum absolute atomic E-state index is 0.0377. The molecule has 25 heavy (non-hydrogen) atoms. The normalized spacial score (nSPS) is 25.0. The summed E-state index contributed by atoms with van der Waals surface area (Å²) in [5.74, 6) is -0.411. The number of amides is 2. The number of carboxylic acids is 1. The summed E-state index contributed by atoms with van der Waals surface area (Å²) in [4.78, 5) is 27.2. The van der Waals surface area contributed by atoms with E-state index in [0.717, 1.165) is 18.5 Å². The third kappa shape index (κ3) is 2.63. The second kappa shape index (κ2) is 5.87. The molecular weight excluding hydrogens is 322 g/mol. The van der Waals surface area contributed by atoms with Gasteiger partial charge in [0, 0.05) is 13.1 Å². The van der Waals surface area contributed by atoms with E-state index in [0.29, 0.717) is 18.8 Å². The molecule has 2 aliphatic rings. The molecule has 0 spiro atoms. The molecule has 1 saturated carbocycles. The van der Waals surface area contributed by atoms with Gasteiger partial charge in [0.05, 0.1) is 17.3 Å². The number of hydrogen-bond donors (Lipinski definition) is 2. The van der Waals surface area contributed by atoms with Crippen LogP contribution in [-0.2, 0) is 4.79 Å². The molecule has 2 N–H and O–H groups in total. The van der Waals surface area contributed by atoms with Crippen molar-refractivity contribution in [2.45, 2.75) is 19.3 Å². The van der Waals surface area contributed by atoms with Gasteiger partial charge in [-0.15, -0.1) is 9.90 Å². The van der Waals surface area contributed by atoms with Gasteiger partial charge in [0.25, 0.3) is 0 Å². The summed E-state index contributed by atoms with van der Waals surface area (Å²) in [6.07, 6.45) is 3.90. The maximum absolute atomic E-state index is 12.5. The molecule has 1 aliphatic carbocycles. The minimum atomic E-state index is -0.791. The van der Waals surface area contributed by atoms with Crippen LogP contribution in [0.2, 0.25) is 0 Å². The number of hydrogen-bond acceptors (Lipinski definition) is 4. The largest absolute Gasteiger partial charge is 0.481 e. The third-order valence-corrected chi connectivity index (χ3v) is 5.30. The van der Waals surface area contributed by atoms with Gasteiger partial charge in [-0.2, -0.15) is 5.10 Å². The Morgan fingerprint density at radius 2 is 2.08 bits per heavy atom. The maximum Gasteiger partial charge on any atom is 0.323 e. The number of fused-ring (bicyclic) bond motifs is 1. The highest BCUT2D eigenvalue weighted by Gasteiger charge is 2.55. The van der Waals surface area contributed by atoms with E-state index in [9.17, 15) is 14.7 Å². The second-order valence-corrected chi connectivity index (χ2v) is 6.72. The van der Waals surface area contributed by atoms with Crippen LogP contribution < -0.4 is 5.32 Å². The van der Waals surface area contributed by atoms with Crippen LogP contribution in [0.15, 0.2) is 36.5 Å². The van der Waals surface area contributed by atoms with Gasteiger partial charge in [0.15, 0.2) is 5.82 Å². The van der Waals surface area contributed by atoms with Crippen LogP contribution >= 0.6 is 0 Å². The molecule has 1 aromatic carbocycles. The van der Waals surface area contributed by atoms with Crippen molar-refractivity contribution in [3.8, 4) is 5.69 Å². The topological polar surface area (TPSA) is 100 Å². The molecule has 2 fully saturated rings. The zero-order chi connectivity index (χ0) is 17.4. The highest BCUT2D eigenvalue weighted by molar-refractivity contribution is 5.89. The lowest BCUT2D eigenvalue weighted by molar-refractivity contribution is -0.149. The van der Waals surface area contributed by atoms with E-state index in [2.05, 4.69) is 15.5 Å². The Morgan fingerprint density at radius 3 is 2.80 bits per heavy atom. The lowest BCUT2D eigenvalue weighted by atomic mass is 9.81. The van der Waals surface area contributed by atoms with Crippen LogP contribution in [0.1, 0.15) is 19.3 Å². The number of carbonyl (C=O) groups excluding carboxylic acids is 1. The Kier molecular flexibility index (Phi) is 3.67. The first-order valence-corrected chi connectivity index (χ1v) is 8.35. The van der Waals surface area contributed by atoms with Crippen molar-refractivity contribution in [3.05, 3.63) is 36.5 Å². The molecule has 130 valence electrons. The predicted octanol–water partition coefficient (Wildman–Crippen LogP) is 1.99. The first-order valence-electron chi connectivity index (χ1n) is 8.35. The predicted molar refractivity (Wildman–Crippen MR) is 89.4 cm³/mol. The van der Waals surface area contributed by atoms with Gasteiger partial charge in [-0.3, -0.25) is 10.1 Å². The molecule has 8 nitrogen and oxygen atoms in total. The third-order valence-electron chi connectivity index (χ3n) is 5.30. The van der Waals surface area contributed by atoms with Gasteiger partial charge in [-0.1, -0.05) is 24.6 Å². The summed E-state index contributed by atoms with van der Waals surface area (Å²) >= 11 is 0. The second-order valence-electron chi connectivity index (χ2n) is 6.72. The Morgan fingerprint density at radius 1 is 1.28 bits per heavy atom. The molecule has 1 saturated heterocycles. The number of anilines is 1. The van der Waals surface area contributed by atoms with E-state index in [1.54, 1.807) is 4.90 Å². The van der Waals surface area contributed by atoms with Crippen molar-refractivity contribution in [3.63, 3.8) is 0 Å². The van der Waals surface area contributed by atoms with Crippen molar-refractivity contribution in [2.24, 2.45) is 11.3 Å². The van der Waals surface area contributed by atoms with E-state index in [4.69, 9.17) is 0 Å². The standard InChI is InChI=1S/C17H19N5O3/c23-15(24)17-8-4-5-12(17)10-21(11-17)16(25)19-14-9-18-22(20-14)13-6-2-1-3-7-13/h1-3,6-7,9,12H,4-5,8,10-11H2,(H,23,24)(H,19,20,25)/t12-,17+/m0/s1. The zero-order valence-corrected chi connectivity index (χ0v) is 13.6. The number of aliphatic carboxylic acids is 1. The number of para-hydroxylation sites is 1. The number of rotatable bonds is 3. The summed E-state index contributed by atoms with van der Waals surface area (Å²) < 4.78 is 0. The summed E-state index contributed by atoms with van der Waals surface area (Å²) in [6.45, 7) is 0.733. The maximum atomic E-state index is 12.5. The summed E-state index contributed by atoms with van der Waals surface area (Å²) in [7, 11) is 0. The molecule has 0 unspecified atom stereocenters.